The van der Waals surface area contributed by atoms with Gasteiger partial charge in [0.25, 0.3) is 0 Å². The molecule has 0 aliphatic carbocycles. The van der Waals surface area contributed by atoms with E-state index in [-0.39, 0.29) is 12.1 Å². The summed E-state index contributed by atoms with van der Waals surface area (Å²) in [4.78, 5) is 15.0. The lowest BCUT2D eigenvalue weighted by molar-refractivity contribution is -0.137. The predicted molar refractivity (Wildman–Crippen MR) is 79.6 cm³/mol. The first-order valence-electron chi connectivity index (χ1n) is 7.36. The molecule has 1 N–H and O–H groups in total. The Balaban J connectivity index is 1.91. The molecule has 20 heavy (non-hydrogen) atoms. The molecule has 2 aliphatic heterocycles. The summed E-state index contributed by atoms with van der Waals surface area (Å²) in [6.07, 6.45) is 2.70. The Morgan fingerprint density at radius 2 is 2.25 bits per heavy atom. The molecule has 2 aliphatic rings. The summed E-state index contributed by atoms with van der Waals surface area (Å²) in [6, 6.07) is 2.41. The number of ether oxygens (including phenoxy) is 1. The highest BCUT2D eigenvalue weighted by molar-refractivity contribution is 7.07. The third kappa shape index (κ3) is 2.28. The number of nitrogens with zero attached hydrogens (tertiary/aromatic N) is 1. The number of rotatable bonds is 3. The van der Waals surface area contributed by atoms with Crippen molar-refractivity contribution in [2.45, 2.75) is 50.9 Å². The van der Waals surface area contributed by atoms with E-state index in [2.05, 4.69) is 34.0 Å². The van der Waals surface area contributed by atoms with E-state index in [0.717, 1.165) is 32.5 Å². The Morgan fingerprint density at radius 3 is 2.85 bits per heavy atom. The number of hydrogen-bond acceptors (Lipinski definition) is 4. The lowest BCUT2D eigenvalue weighted by Gasteiger charge is -2.35. The van der Waals surface area contributed by atoms with Crippen LogP contribution in [-0.4, -0.2) is 35.6 Å². The Kier molecular flexibility index (Phi) is 3.84. The minimum Gasteiger partial charge on any atom is -0.381 e. The number of carbonyl (C=O) groups is 1. The van der Waals surface area contributed by atoms with Crippen molar-refractivity contribution in [3.8, 4) is 0 Å². The molecule has 1 aromatic heterocycles. The van der Waals surface area contributed by atoms with Gasteiger partial charge in [0.15, 0.2) is 0 Å². The van der Waals surface area contributed by atoms with E-state index >= 15 is 0 Å². The molecular weight excluding hydrogens is 272 g/mol. The van der Waals surface area contributed by atoms with Crippen LogP contribution in [0, 0.1) is 0 Å². The largest absolute Gasteiger partial charge is 0.381 e. The monoisotopic (exact) mass is 294 g/mol. The van der Waals surface area contributed by atoms with Gasteiger partial charge in [0, 0.05) is 19.3 Å². The third-order valence-corrected chi connectivity index (χ3v) is 5.29. The van der Waals surface area contributed by atoms with Crippen molar-refractivity contribution in [2.24, 2.45) is 0 Å². The van der Waals surface area contributed by atoms with Gasteiger partial charge >= 0.3 is 0 Å². The van der Waals surface area contributed by atoms with E-state index < -0.39 is 5.54 Å². The maximum Gasteiger partial charge on any atom is 0.244 e. The van der Waals surface area contributed by atoms with Crippen molar-refractivity contribution in [1.29, 1.82) is 0 Å². The van der Waals surface area contributed by atoms with Crippen LogP contribution >= 0.6 is 11.3 Å². The van der Waals surface area contributed by atoms with Crippen LogP contribution in [0.2, 0.25) is 0 Å². The highest BCUT2D eigenvalue weighted by Gasteiger charge is 2.49. The highest BCUT2D eigenvalue weighted by atomic mass is 32.1. The fourth-order valence-corrected chi connectivity index (χ4v) is 3.78. The molecule has 1 aromatic rings. The molecule has 0 aromatic carbocycles. The van der Waals surface area contributed by atoms with Gasteiger partial charge in [0.2, 0.25) is 5.91 Å². The summed E-state index contributed by atoms with van der Waals surface area (Å²) in [6.45, 7) is 5.61. The molecule has 2 saturated heterocycles. The minimum atomic E-state index is -0.440. The molecule has 0 spiro atoms. The quantitative estimate of drug-likeness (QED) is 0.931. The smallest absolute Gasteiger partial charge is 0.244 e. The van der Waals surface area contributed by atoms with E-state index in [1.807, 2.05) is 6.92 Å². The molecule has 4 nitrogen and oxygen atoms in total. The summed E-state index contributed by atoms with van der Waals surface area (Å²) in [5.74, 6) is 0.239. The lowest BCUT2D eigenvalue weighted by atomic mass is 9.98. The first-order valence-corrected chi connectivity index (χ1v) is 8.30. The molecule has 3 heterocycles. The summed E-state index contributed by atoms with van der Waals surface area (Å²) in [5, 5.41) is 7.77. The van der Waals surface area contributed by atoms with Crippen molar-refractivity contribution >= 4 is 17.2 Å². The number of thiophene rings is 1. The van der Waals surface area contributed by atoms with Crippen LogP contribution < -0.4 is 5.32 Å². The summed E-state index contributed by atoms with van der Waals surface area (Å²) >= 11 is 1.68. The molecule has 110 valence electrons. The van der Waals surface area contributed by atoms with Crippen LogP contribution in [0.1, 0.15) is 44.8 Å². The van der Waals surface area contributed by atoms with Gasteiger partial charge in [-0.3, -0.25) is 10.1 Å². The molecule has 1 amide bonds. The van der Waals surface area contributed by atoms with Gasteiger partial charge in [-0.1, -0.05) is 6.92 Å². The van der Waals surface area contributed by atoms with Gasteiger partial charge in [-0.15, -0.1) is 0 Å². The molecular formula is C15H22N2O2S. The Morgan fingerprint density at radius 1 is 1.50 bits per heavy atom. The maximum absolute atomic E-state index is 12.9. The zero-order chi connectivity index (χ0) is 14.2. The third-order valence-electron chi connectivity index (χ3n) is 4.59. The van der Waals surface area contributed by atoms with Gasteiger partial charge in [-0.2, -0.15) is 11.3 Å². The van der Waals surface area contributed by atoms with Gasteiger partial charge < -0.3 is 9.64 Å². The van der Waals surface area contributed by atoms with Crippen LogP contribution in [0.3, 0.4) is 0 Å². The Bertz CT molecular complexity index is 470. The second kappa shape index (κ2) is 5.47. The highest BCUT2D eigenvalue weighted by Crippen LogP contribution is 2.37. The molecule has 0 bridgehead atoms. The normalized spacial score (nSPS) is 32.0. The summed E-state index contributed by atoms with van der Waals surface area (Å²) in [5.41, 5.74) is 0.761. The van der Waals surface area contributed by atoms with Crippen LogP contribution in [0.4, 0.5) is 0 Å². The van der Waals surface area contributed by atoms with E-state index in [1.165, 1.54) is 5.56 Å². The fraction of sp³-hybridized carbons (Fsp3) is 0.667. The molecule has 2 atom stereocenters. The second-order valence-electron chi connectivity index (χ2n) is 5.85. The van der Waals surface area contributed by atoms with Crippen LogP contribution in [-0.2, 0) is 9.53 Å². The minimum absolute atomic E-state index is 0.0156. The summed E-state index contributed by atoms with van der Waals surface area (Å²) in [7, 11) is 0. The van der Waals surface area contributed by atoms with Crippen LogP contribution in [0.5, 0.6) is 0 Å². The van der Waals surface area contributed by atoms with Gasteiger partial charge in [-0.05, 0) is 48.6 Å². The number of nitrogens with one attached hydrogen (secondary N) is 1. The predicted octanol–water partition coefficient (Wildman–Crippen LogP) is 2.53. The van der Waals surface area contributed by atoms with Gasteiger partial charge in [0.05, 0.1) is 5.54 Å². The second-order valence-corrected chi connectivity index (χ2v) is 6.63. The van der Waals surface area contributed by atoms with Crippen molar-refractivity contribution in [1.82, 2.24) is 10.2 Å². The van der Waals surface area contributed by atoms with Gasteiger partial charge in [-0.25, -0.2) is 0 Å². The average Bonchev–Trinajstić information content (AvgIpc) is 3.08. The molecule has 3 rings (SSSR count). The van der Waals surface area contributed by atoms with E-state index in [9.17, 15) is 4.79 Å². The molecule has 0 radical (unpaired) electrons. The topological polar surface area (TPSA) is 41.6 Å². The van der Waals surface area contributed by atoms with Crippen molar-refractivity contribution in [3.05, 3.63) is 22.4 Å². The van der Waals surface area contributed by atoms with Crippen molar-refractivity contribution < 1.29 is 9.53 Å². The number of carbonyl (C=O) groups excluding carboxylic acids is 1. The average molecular weight is 294 g/mol. The first kappa shape index (κ1) is 14.0. The number of amides is 1. The fourth-order valence-electron chi connectivity index (χ4n) is 3.10. The zero-order valence-corrected chi connectivity index (χ0v) is 12.9. The lowest BCUT2D eigenvalue weighted by Crippen LogP contribution is -2.46. The summed E-state index contributed by atoms with van der Waals surface area (Å²) < 4.78 is 5.44. The van der Waals surface area contributed by atoms with E-state index in [0.29, 0.717) is 6.04 Å². The maximum atomic E-state index is 12.9. The molecule has 5 heteroatoms. The standard InChI is InChI=1S/C15H22N2O2S/c1-3-15(2)14(18)17(12-4-7-19-8-5-12)13(16-15)11-6-9-20-10-11/h6,9-10,12-13,16H,3-5,7-8H2,1-2H3. The molecule has 2 unspecified atom stereocenters. The SMILES string of the molecule is CCC1(C)NC(c2ccsc2)N(C2CCOCC2)C1=O. The zero-order valence-electron chi connectivity index (χ0n) is 12.1. The molecule has 2 fully saturated rings. The Labute approximate surface area is 124 Å². The van der Waals surface area contributed by atoms with Crippen LogP contribution in [0.15, 0.2) is 16.8 Å². The van der Waals surface area contributed by atoms with Gasteiger partial charge in [0.1, 0.15) is 6.17 Å². The van der Waals surface area contributed by atoms with Crippen LogP contribution in [0.25, 0.3) is 0 Å². The molecule has 0 saturated carbocycles. The first-order chi connectivity index (χ1) is 9.65. The van der Waals surface area contributed by atoms with E-state index in [4.69, 9.17) is 4.74 Å². The Hall–Kier alpha value is -0.910. The van der Waals surface area contributed by atoms with Crippen molar-refractivity contribution in [2.75, 3.05) is 13.2 Å². The van der Waals surface area contributed by atoms with Crippen molar-refractivity contribution in [3.63, 3.8) is 0 Å². The van der Waals surface area contributed by atoms with E-state index in [1.54, 1.807) is 11.3 Å². The number of hydrogen-bond donors (Lipinski definition) is 1.